The average Bonchev–Trinajstić information content (AvgIpc) is 2.54. The monoisotopic (exact) mass is 272 g/mol. The lowest BCUT2D eigenvalue weighted by molar-refractivity contribution is -0.154. The molecule has 0 aromatic heterocycles. The van der Waals surface area contributed by atoms with Gasteiger partial charge in [0.1, 0.15) is 17.8 Å². The maximum atomic E-state index is 11.5. The highest BCUT2D eigenvalue weighted by molar-refractivity contribution is 5.69. The van der Waals surface area contributed by atoms with Crippen LogP contribution >= 0.6 is 0 Å². The second-order valence-corrected chi connectivity index (χ2v) is 5.92. The van der Waals surface area contributed by atoms with E-state index in [1.807, 2.05) is 27.7 Å². The zero-order valence-electron chi connectivity index (χ0n) is 12.2. The highest BCUT2D eigenvalue weighted by atomic mass is 16.8. The van der Waals surface area contributed by atoms with Gasteiger partial charge >= 0.3 is 12.1 Å². The molecular formula is C14H24O5. The molecule has 1 heterocycles. The number of carbonyl (C=O) groups excluding carboxylic acids is 2. The Bertz CT molecular complexity index is 318. The molecule has 110 valence electrons. The van der Waals surface area contributed by atoms with Crippen LogP contribution in [-0.2, 0) is 19.0 Å². The standard InChI is InChI=1S/C14H24O5/c1-10-11(18-13(16)17-10)8-6-5-7-9-12(15)19-14(2,3)4/h10-11H,5-9H2,1-4H3. The summed E-state index contributed by atoms with van der Waals surface area (Å²) in [4.78, 5) is 22.3. The molecule has 19 heavy (non-hydrogen) atoms. The fourth-order valence-electron chi connectivity index (χ4n) is 1.95. The summed E-state index contributed by atoms with van der Waals surface area (Å²) in [7, 11) is 0. The van der Waals surface area contributed by atoms with Crippen LogP contribution in [0.3, 0.4) is 0 Å². The van der Waals surface area contributed by atoms with Crippen molar-refractivity contribution in [2.24, 2.45) is 0 Å². The zero-order chi connectivity index (χ0) is 14.5. The van der Waals surface area contributed by atoms with Crippen molar-refractivity contribution < 1.29 is 23.8 Å². The van der Waals surface area contributed by atoms with Crippen molar-refractivity contribution in [1.82, 2.24) is 0 Å². The molecule has 0 aromatic carbocycles. The van der Waals surface area contributed by atoms with Gasteiger partial charge in [-0.25, -0.2) is 4.79 Å². The molecule has 0 bridgehead atoms. The lowest BCUT2D eigenvalue weighted by Crippen LogP contribution is -2.23. The highest BCUT2D eigenvalue weighted by Crippen LogP contribution is 2.20. The Morgan fingerprint density at radius 3 is 2.42 bits per heavy atom. The molecule has 2 atom stereocenters. The van der Waals surface area contributed by atoms with Crippen LogP contribution in [0.4, 0.5) is 4.79 Å². The third-order valence-electron chi connectivity index (χ3n) is 2.84. The molecule has 0 aromatic rings. The minimum atomic E-state index is -0.578. The number of esters is 1. The summed E-state index contributed by atoms with van der Waals surface area (Å²) in [5.41, 5.74) is -0.415. The predicted octanol–water partition coefficient (Wildman–Crippen LogP) is 3.20. The first-order chi connectivity index (χ1) is 8.78. The van der Waals surface area contributed by atoms with Crippen LogP contribution in [0.2, 0.25) is 0 Å². The number of hydrogen-bond donors (Lipinski definition) is 0. The third-order valence-corrected chi connectivity index (χ3v) is 2.84. The fourth-order valence-corrected chi connectivity index (χ4v) is 1.95. The molecule has 0 aliphatic carbocycles. The molecular weight excluding hydrogens is 248 g/mol. The summed E-state index contributed by atoms with van der Waals surface area (Å²) in [6.07, 6.45) is 2.95. The van der Waals surface area contributed by atoms with Gasteiger partial charge in [0.25, 0.3) is 0 Å². The quantitative estimate of drug-likeness (QED) is 0.549. The van der Waals surface area contributed by atoms with Crippen LogP contribution in [0, 0.1) is 0 Å². The van der Waals surface area contributed by atoms with Crippen molar-refractivity contribution >= 4 is 12.1 Å². The van der Waals surface area contributed by atoms with Crippen LogP contribution in [-0.4, -0.2) is 29.9 Å². The molecule has 2 unspecified atom stereocenters. The van der Waals surface area contributed by atoms with Gasteiger partial charge in [-0.05, 0) is 47.0 Å². The van der Waals surface area contributed by atoms with Gasteiger partial charge in [-0.1, -0.05) is 6.42 Å². The van der Waals surface area contributed by atoms with Gasteiger partial charge in [-0.15, -0.1) is 0 Å². The molecule has 0 radical (unpaired) electrons. The highest BCUT2D eigenvalue weighted by Gasteiger charge is 2.32. The Balaban J connectivity index is 2.05. The van der Waals surface area contributed by atoms with Gasteiger partial charge in [0.15, 0.2) is 0 Å². The van der Waals surface area contributed by atoms with Crippen molar-refractivity contribution in [3.05, 3.63) is 0 Å². The van der Waals surface area contributed by atoms with E-state index in [-0.39, 0.29) is 18.2 Å². The molecule has 0 saturated carbocycles. The normalized spacial score (nSPS) is 22.8. The van der Waals surface area contributed by atoms with Crippen LogP contribution in [0.25, 0.3) is 0 Å². The topological polar surface area (TPSA) is 61.8 Å². The van der Waals surface area contributed by atoms with Crippen molar-refractivity contribution in [3.63, 3.8) is 0 Å². The molecule has 5 nitrogen and oxygen atoms in total. The molecule has 0 N–H and O–H groups in total. The first-order valence-electron chi connectivity index (χ1n) is 6.87. The molecule has 1 aliphatic heterocycles. The first kappa shape index (κ1) is 15.8. The van der Waals surface area contributed by atoms with Crippen molar-refractivity contribution in [1.29, 1.82) is 0 Å². The third kappa shape index (κ3) is 6.45. The summed E-state index contributed by atoms with van der Waals surface area (Å²) >= 11 is 0. The number of ether oxygens (including phenoxy) is 3. The second kappa shape index (κ2) is 6.78. The number of unbranched alkanes of at least 4 members (excludes halogenated alkanes) is 2. The van der Waals surface area contributed by atoms with Gasteiger partial charge in [0.2, 0.25) is 0 Å². The lowest BCUT2D eigenvalue weighted by Gasteiger charge is -2.19. The number of carbonyl (C=O) groups is 2. The van der Waals surface area contributed by atoms with E-state index >= 15 is 0 Å². The Morgan fingerprint density at radius 2 is 1.89 bits per heavy atom. The van der Waals surface area contributed by atoms with Crippen molar-refractivity contribution in [2.45, 2.75) is 77.6 Å². The molecule has 1 aliphatic rings. The molecule has 1 fully saturated rings. The van der Waals surface area contributed by atoms with Crippen LogP contribution in [0.5, 0.6) is 0 Å². The van der Waals surface area contributed by atoms with Crippen molar-refractivity contribution in [2.75, 3.05) is 0 Å². The summed E-state index contributed by atoms with van der Waals surface area (Å²) < 4.78 is 15.1. The number of rotatable bonds is 6. The Morgan fingerprint density at radius 1 is 1.21 bits per heavy atom. The van der Waals surface area contributed by atoms with E-state index in [0.29, 0.717) is 6.42 Å². The Kier molecular flexibility index (Phi) is 5.63. The molecule has 5 heteroatoms. The average molecular weight is 272 g/mol. The molecule has 0 amide bonds. The Hall–Kier alpha value is -1.26. The van der Waals surface area contributed by atoms with Crippen LogP contribution in [0.15, 0.2) is 0 Å². The molecule has 1 saturated heterocycles. The van der Waals surface area contributed by atoms with Gasteiger partial charge in [0.05, 0.1) is 0 Å². The van der Waals surface area contributed by atoms with Crippen LogP contribution in [0.1, 0.15) is 59.8 Å². The smallest absolute Gasteiger partial charge is 0.460 e. The van der Waals surface area contributed by atoms with Gasteiger partial charge in [0, 0.05) is 6.42 Å². The maximum Gasteiger partial charge on any atom is 0.509 e. The summed E-state index contributed by atoms with van der Waals surface area (Å²) in [5.74, 6) is -0.156. The molecule has 1 rings (SSSR count). The number of cyclic esters (lactones) is 2. The van der Waals surface area contributed by atoms with Gasteiger partial charge in [-0.2, -0.15) is 0 Å². The number of hydrogen-bond acceptors (Lipinski definition) is 5. The lowest BCUT2D eigenvalue weighted by atomic mass is 10.1. The Labute approximate surface area is 114 Å². The summed E-state index contributed by atoms with van der Waals surface area (Å²) in [5, 5.41) is 0. The first-order valence-corrected chi connectivity index (χ1v) is 6.87. The minimum Gasteiger partial charge on any atom is -0.460 e. The molecule has 0 spiro atoms. The predicted molar refractivity (Wildman–Crippen MR) is 69.7 cm³/mol. The largest absolute Gasteiger partial charge is 0.509 e. The SMILES string of the molecule is CC1OC(=O)OC1CCCCCC(=O)OC(C)(C)C. The van der Waals surface area contributed by atoms with E-state index in [1.165, 1.54) is 0 Å². The van der Waals surface area contributed by atoms with E-state index in [1.54, 1.807) is 0 Å². The van der Waals surface area contributed by atoms with Crippen LogP contribution < -0.4 is 0 Å². The second-order valence-electron chi connectivity index (χ2n) is 5.92. The van der Waals surface area contributed by atoms with E-state index < -0.39 is 11.8 Å². The van der Waals surface area contributed by atoms with Crippen molar-refractivity contribution in [3.8, 4) is 0 Å². The fraction of sp³-hybridized carbons (Fsp3) is 0.857. The zero-order valence-corrected chi connectivity index (χ0v) is 12.2. The van der Waals surface area contributed by atoms with E-state index in [4.69, 9.17) is 14.2 Å². The summed E-state index contributed by atoms with van der Waals surface area (Å²) in [6.45, 7) is 7.42. The summed E-state index contributed by atoms with van der Waals surface area (Å²) in [6, 6.07) is 0. The minimum absolute atomic E-state index is 0.144. The van der Waals surface area contributed by atoms with Gasteiger partial charge in [-0.3, -0.25) is 4.79 Å². The maximum absolute atomic E-state index is 11.5. The van der Waals surface area contributed by atoms with E-state index in [2.05, 4.69) is 0 Å². The van der Waals surface area contributed by atoms with Gasteiger partial charge < -0.3 is 14.2 Å². The van der Waals surface area contributed by atoms with E-state index in [9.17, 15) is 9.59 Å². The van der Waals surface area contributed by atoms with E-state index in [0.717, 1.165) is 25.7 Å².